The second kappa shape index (κ2) is 6.02. The normalized spacial score (nSPS) is 29.4. The molecule has 1 unspecified atom stereocenters. The van der Waals surface area contributed by atoms with Crippen molar-refractivity contribution in [2.24, 2.45) is 0 Å². The summed E-state index contributed by atoms with van der Waals surface area (Å²) in [7, 11) is 0. The van der Waals surface area contributed by atoms with Crippen LogP contribution in [0.4, 0.5) is 0 Å². The molecule has 0 bridgehead atoms. The van der Waals surface area contributed by atoms with Crippen molar-refractivity contribution in [3.63, 3.8) is 0 Å². The molecule has 1 saturated carbocycles. The van der Waals surface area contributed by atoms with Crippen molar-refractivity contribution in [3.8, 4) is 0 Å². The number of morpholine rings is 1. The molecule has 2 aliphatic rings. The van der Waals surface area contributed by atoms with E-state index in [1.165, 1.54) is 57.8 Å². The van der Waals surface area contributed by atoms with Crippen LogP contribution in [0, 0.1) is 0 Å². The van der Waals surface area contributed by atoms with Crippen LogP contribution >= 0.6 is 0 Å². The largest absolute Gasteiger partial charge is 0.369 e. The summed E-state index contributed by atoms with van der Waals surface area (Å²) in [4.78, 5) is 0. The average molecular weight is 225 g/mol. The lowest BCUT2D eigenvalue weighted by atomic mass is 9.83. The maximum absolute atomic E-state index is 6.40. The van der Waals surface area contributed by atoms with Crippen LogP contribution in [-0.4, -0.2) is 24.8 Å². The number of ether oxygens (including phenoxy) is 1. The van der Waals surface area contributed by atoms with Crippen LogP contribution in [0.3, 0.4) is 0 Å². The van der Waals surface area contributed by atoms with E-state index in [1.54, 1.807) is 0 Å². The molecule has 2 fully saturated rings. The smallest absolute Gasteiger partial charge is 0.0810 e. The Labute approximate surface area is 100 Å². The molecule has 0 aromatic carbocycles. The molecule has 16 heavy (non-hydrogen) atoms. The molecule has 1 saturated heterocycles. The summed E-state index contributed by atoms with van der Waals surface area (Å²) in [6.07, 6.45) is 12.4. The molecule has 94 valence electrons. The summed E-state index contributed by atoms with van der Waals surface area (Å²) in [6.45, 7) is 4.44. The van der Waals surface area contributed by atoms with Crippen molar-refractivity contribution in [1.82, 2.24) is 5.32 Å². The Morgan fingerprint density at radius 2 is 2.00 bits per heavy atom. The van der Waals surface area contributed by atoms with Crippen LogP contribution in [-0.2, 0) is 4.74 Å². The van der Waals surface area contributed by atoms with Crippen LogP contribution in [0.15, 0.2) is 0 Å². The number of nitrogens with one attached hydrogen (secondary N) is 1. The van der Waals surface area contributed by atoms with Gasteiger partial charge in [0.15, 0.2) is 0 Å². The van der Waals surface area contributed by atoms with Gasteiger partial charge in [-0.2, -0.15) is 0 Å². The van der Waals surface area contributed by atoms with E-state index >= 15 is 0 Å². The highest BCUT2D eigenvalue weighted by Gasteiger charge is 2.37. The maximum atomic E-state index is 6.40. The SMILES string of the molecule is CCCCCC1CNCC2(CCCCC2)O1. The average Bonchev–Trinajstić information content (AvgIpc) is 2.31. The summed E-state index contributed by atoms with van der Waals surface area (Å²) in [5.41, 5.74) is 0.216. The predicted molar refractivity (Wildman–Crippen MR) is 67.7 cm³/mol. The first kappa shape index (κ1) is 12.4. The molecule has 2 nitrogen and oxygen atoms in total. The van der Waals surface area contributed by atoms with Gasteiger partial charge < -0.3 is 10.1 Å². The van der Waals surface area contributed by atoms with Crippen molar-refractivity contribution in [2.75, 3.05) is 13.1 Å². The highest BCUT2D eigenvalue weighted by molar-refractivity contribution is 4.91. The summed E-state index contributed by atoms with van der Waals surface area (Å²) < 4.78 is 6.40. The van der Waals surface area contributed by atoms with Gasteiger partial charge in [-0.3, -0.25) is 0 Å². The molecule has 0 aromatic rings. The lowest BCUT2D eigenvalue weighted by molar-refractivity contribution is -0.135. The minimum atomic E-state index is 0.216. The number of unbranched alkanes of at least 4 members (excludes halogenated alkanes) is 2. The fourth-order valence-electron chi connectivity index (χ4n) is 3.17. The Balaban J connectivity index is 1.78. The molecule has 0 amide bonds. The molecular weight excluding hydrogens is 198 g/mol. The molecule has 1 atom stereocenters. The molecule has 1 heterocycles. The van der Waals surface area contributed by atoms with E-state index in [-0.39, 0.29) is 5.60 Å². The second-order valence-electron chi connectivity index (χ2n) is 5.61. The maximum Gasteiger partial charge on any atom is 0.0810 e. The highest BCUT2D eigenvalue weighted by atomic mass is 16.5. The van der Waals surface area contributed by atoms with Crippen molar-refractivity contribution >= 4 is 0 Å². The van der Waals surface area contributed by atoms with Gasteiger partial charge in [-0.1, -0.05) is 45.4 Å². The van der Waals surface area contributed by atoms with Gasteiger partial charge in [0.05, 0.1) is 11.7 Å². The summed E-state index contributed by atoms with van der Waals surface area (Å²) in [5.74, 6) is 0. The quantitative estimate of drug-likeness (QED) is 0.742. The molecule has 2 heteroatoms. The molecule has 1 aliphatic carbocycles. The predicted octanol–water partition coefficient (Wildman–Crippen LogP) is 3.26. The number of rotatable bonds is 4. The zero-order chi connectivity index (χ0) is 11.3. The van der Waals surface area contributed by atoms with Gasteiger partial charge in [-0.05, 0) is 19.3 Å². The van der Waals surface area contributed by atoms with Crippen LogP contribution in [0.25, 0.3) is 0 Å². The Bertz CT molecular complexity index is 193. The van der Waals surface area contributed by atoms with Crippen LogP contribution in [0.5, 0.6) is 0 Å². The van der Waals surface area contributed by atoms with Gasteiger partial charge in [0.2, 0.25) is 0 Å². The van der Waals surface area contributed by atoms with Crippen LogP contribution in [0.1, 0.15) is 64.7 Å². The van der Waals surface area contributed by atoms with Gasteiger partial charge in [0.25, 0.3) is 0 Å². The Hall–Kier alpha value is -0.0800. The Morgan fingerprint density at radius 3 is 2.75 bits per heavy atom. The lowest BCUT2D eigenvalue weighted by Crippen LogP contribution is -2.54. The first-order valence-corrected chi connectivity index (χ1v) is 7.23. The molecule has 0 radical (unpaired) electrons. The third-order valence-corrected chi connectivity index (χ3v) is 4.13. The second-order valence-corrected chi connectivity index (χ2v) is 5.61. The van der Waals surface area contributed by atoms with Crippen molar-refractivity contribution in [1.29, 1.82) is 0 Å². The van der Waals surface area contributed by atoms with Crippen LogP contribution in [0.2, 0.25) is 0 Å². The fraction of sp³-hybridized carbons (Fsp3) is 1.00. The number of hydrogen-bond acceptors (Lipinski definition) is 2. The summed E-state index contributed by atoms with van der Waals surface area (Å²) in [6, 6.07) is 0. The molecule has 1 spiro atoms. The summed E-state index contributed by atoms with van der Waals surface area (Å²) >= 11 is 0. The van der Waals surface area contributed by atoms with E-state index in [0.29, 0.717) is 6.10 Å². The first-order valence-electron chi connectivity index (χ1n) is 7.23. The summed E-state index contributed by atoms with van der Waals surface area (Å²) in [5, 5.41) is 3.60. The van der Waals surface area contributed by atoms with E-state index in [9.17, 15) is 0 Å². The first-order chi connectivity index (χ1) is 7.85. The third kappa shape index (κ3) is 3.21. The Kier molecular flexibility index (Phi) is 4.66. The molecular formula is C14H27NO. The highest BCUT2D eigenvalue weighted by Crippen LogP contribution is 2.34. The van der Waals surface area contributed by atoms with Gasteiger partial charge >= 0.3 is 0 Å². The van der Waals surface area contributed by atoms with E-state index in [1.807, 2.05) is 0 Å². The van der Waals surface area contributed by atoms with Gasteiger partial charge in [0, 0.05) is 13.1 Å². The van der Waals surface area contributed by atoms with Gasteiger partial charge in [-0.15, -0.1) is 0 Å². The van der Waals surface area contributed by atoms with E-state index in [0.717, 1.165) is 13.1 Å². The van der Waals surface area contributed by atoms with Crippen molar-refractivity contribution < 1.29 is 4.74 Å². The standard InChI is InChI=1S/C14H27NO/c1-2-3-5-8-13-11-15-12-14(16-13)9-6-4-7-10-14/h13,15H,2-12H2,1H3. The molecule has 2 rings (SSSR count). The third-order valence-electron chi connectivity index (χ3n) is 4.13. The van der Waals surface area contributed by atoms with E-state index < -0.39 is 0 Å². The van der Waals surface area contributed by atoms with Crippen molar-refractivity contribution in [3.05, 3.63) is 0 Å². The minimum absolute atomic E-state index is 0.216. The minimum Gasteiger partial charge on any atom is -0.369 e. The monoisotopic (exact) mass is 225 g/mol. The van der Waals surface area contributed by atoms with Crippen LogP contribution < -0.4 is 5.32 Å². The molecule has 0 aromatic heterocycles. The fourth-order valence-corrected chi connectivity index (χ4v) is 3.17. The van der Waals surface area contributed by atoms with E-state index in [4.69, 9.17) is 4.74 Å². The van der Waals surface area contributed by atoms with E-state index in [2.05, 4.69) is 12.2 Å². The topological polar surface area (TPSA) is 21.3 Å². The zero-order valence-corrected chi connectivity index (χ0v) is 10.8. The lowest BCUT2D eigenvalue weighted by Gasteiger charge is -2.44. The zero-order valence-electron chi connectivity index (χ0n) is 10.8. The number of hydrogen-bond donors (Lipinski definition) is 1. The van der Waals surface area contributed by atoms with Gasteiger partial charge in [0.1, 0.15) is 0 Å². The van der Waals surface area contributed by atoms with Gasteiger partial charge in [-0.25, -0.2) is 0 Å². The molecule has 1 aliphatic heterocycles. The molecule has 1 N–H and O–H groups in total. The Morgan fingerprint density at radius 1 is 1.19 bits per heavy atom. The van der Waals surface area contributed by atoms with Crippen molar-refractivity contribution in [2.45, 2.75) is 76.4 Å².